The second-order valence-electron chi connectivity index (χ2n) is 6.85. The number of hydrogen-bond donors (Lipinski definition) is 1. The van der Waals surface area contributed by atoms with Gasteiger partial charge in [0, 0.05) is 37.9 Å². The number of allylic oxidation sites excluding steroid dienone is 1. The van der Waals surface area contributed by atoms with Crippen LogP contribution in [0, 0.1) is 0 Å². The summed E-state index contributed by atoms with van der Waals surface area (Å²) in [7, 11) is 0. The van der Waals surface area contributed by atoms with E-state index >= 15 is 0 Å². The molecule has 2 aliphatic heterocycles. The monoisotopic (exact) mass is 429 g/mol. The lowest BCUT2D eigenvalue weighted by atomic mass is 10.3. The molecule has 1 unspecified atom stereocenters. The van der Waals surface area contributed by atoms with Crippen LogP contribution in [0.3, 0.4) is 0 Å². The predicted octanol–water partition coefficient (Wildman–Crippen LogP) is 2.71. The first-order valence-electron chi connectivity index (χ1n) is 9.13. The summed E-state index contributed by atoms with van der Waals surface area (Å²) in [5.41, 5.74) is 6.41. The number of carbonyl (C=O) groups excluding carboxylic acids is 2. The van der Waals surface area contributed by atoms with Crippen LogP contribution in [0.2, 0.25) is 0 Å². The summed E-state index contributed by atoms with van der Waals surface area (Å²) in [5, 5.41) is 0. The summed E-state index contributed by atoms with van der Waals surface area (Å²) in [6, 6.07) is 5.14. The molecule has 2 aliphatic rings. The molecule has 3 rings (SSSR count). The first kappa shape index (κ1) is 21.3. The Balaban J connectivity index is 1.72. The molecule has 0 bridgehead atoms. The van der Waals surface area contributed by atoms with E-state index in [1.54, 1.807) is 24.1 Å². The Kier molecular flexibility index (Phi) is 6.25. The largest absolute Gasteiger partial charge is 0.389 e. The highest BCUT2D eigenvalue weighted by molar-refractivity contribution is 8.04. The number of aromatic nitrogens is 1. The summed E-state index contributed by atoms with van der Waals surface area (Å²) >= 11 is 1.19. The van der Waals surface area contributed by atoms with Crippen molar-refractivity contribution in [3.8, 4) is 0 Å². The average Bonchev–Trinajstić information content (AvgIpc) is 3.16. The van der Waals surface area contributed by atoms with Crippen LogP contribution >= 0.6 is 11.8 Å². The van der Waals surface area contributed by atoms with Gasteiger partial charge in [0.05, 0.1) is 17.1 Å². The highest BCUT2D eigenvalue weighted by Crippen LogP contribution is 2.41. The standard InChI is InChI=1S/C18H22F3N5O2S/c1-12-14(15(22)27)29-17(26(12)11-13-5-2-3-7-23-13)25-10-9-24(16(25)28)8-4-6-18(19,20)21/h2-3,5,7,17H,4,6,8-11H2,1H3,(H2,22,27). The van der Waals surface area contributed by atoms with Gasteiger partial charge in [0.2, 0.25) is 0 Å². The van der Waals surface area contributed by atoms with E-state index in [1.807, 2.05) is 17.0 Å². The number of alkyl halides is 3. The number of carbonyl (C=O) groups is 2. The smallest absolute Gasteiger partial charge is 0.365 e. The minimum absolute atomic E-state index is 0.0432. The van der Waals surface area contributed by atoms with Gasteiger partial charge in [-0.2, -0.15) is 13.2 Å². The van der Waals surface area contributed by atoms with Crippen LogP contribution in [-0.4, -0.2) is 62.9 Å². The van der Waals surface area contributed by atoms with Crippen molar-refractivity contribution >= 4 is 23.7 Å². The SMILES string of the molecule is CC1=C(C(N)=O)SC(N2CCN(CCCC(F)(F)F)C2=O)N1Cc1ccccn1. The van der Waals surface area contributed by atoms with Crippen molar-refractivity contribution in [1.29, 1.82) is 0 Å². The molecule has 0 aromatic carbocycles. The first-order valence-corrected chi connectivity index (χ1v) is 10.0. The molecule has 158 valence electrons. The number of thioether (sulfide) groups is 1. The average molecular weight is 429 g/mol. The van der Waals surface area contributed by atoms with E-state index in [9.17, 15) is 22.8 Å². The van der Waals surface area contributed by atoms with Crippen LogP contribution in [0.25, 0.3) is 0 Å². The molecular weight excluding hydrogens is 407 g/mol. The molecule has 1 fully saturated rings. The molecule has 1 atom stereocenters. The Hall–Kier alpha value is -2.43. The molecule has 1 saturated heterocycles. The number of primary amides is 1. The van der Waals surface area contributed by atoms with Gasteiger partial charge in [-0.05, 0) is 25.5 Å². The Morgan fingerprint density at radius 3 is 2.72 bits per heavy atom. The van der Waals surface area contributed by atoms with E-state index in [0.717, 1.165) is 5.69 Å². The van der Waals surface area contributed by atoms with Crippen LogP contribution in [0.5, 0.6) is 0 Å². The molecule has 1 aromatic rings. The summed E-state index contributed by atoms with van der Waals surface area (Å²) in [5.74, 6) is -0.574. The fourth-order valence-corrected chi connectivity index (χ4v) is 4.66. The summed E-state index contributed by atoms with van der Waals surface area (Å²) < 4.78 is 37.2. The quantitative estimate of drug-likeness (QED) is 0.721. The Morgan fingerprint density at radius 2 is 2.10 bits per heavy atom. The zero-order valence-corrected chi connectivity index (χ0v) is 16.7. The number of nitrogens with zero attached hydrogens (tertiary/aromatic N) is 4. The van der Waals surface area contributed by atoms with E-state index in [4.69, 9.17) is 5.73 Å². The van der Waals surface area contributed by atoms with E-state index < -0.39 is 24.0 Å². The van der Waals surface area contributed by atoms with Crippen molar-refractivity contribution in [2.45, 2.75) is 38.0 Å². The lowest BCUT2D eigenvalue weighted by molar-refractivity contribution is -0.135. The molecule has 1 aromatic heterocycles. The number of hydrogen-bond acceptors (Lipinski definition) is 5. The normalized spacial score (nSPS) is 20.2. The lowest BCUT2D eigenvalue weighted by Crippen LogP contribution is -2.45. The molecule has 0 radical (unpaired) electrons. The number of pyridine rings is 1. The molecule has 0 saturated carbocycles. The number of nitrogens with two attached hydrogens (primary N) is 1. The van der Waals surface area contributed by atoms with Gasteiger partial charge in [0.15, 0.2) is 5.50 Å². The van der Waals surface area contributed by atoms with E-state index in [1.165, 1.54) is 16.7 Å². The molecule has 11 heteroatoms. The number of urea groups is 1. The maximum absolute atomic E-state index is 12.8. The highest BCUT2D eigenvalue weighted by Gasteiger charge is 2.42. The van der Waals surface area contributed by atoms with Gasteiger partial charge >= 0.3 is 12.2 Å². The second kappa shape index (κ2) is 8.52. The Bertz CT molecular complexity index is 802. The van der Waals surface area contributed by atoms with Crippen LogP contribution in [0.4, 0.5) is 18.0 Å². The molecule has 7 nitrogen and oxygen atoms in total. The third kappa shape index (κ3) is 4.95. The molecule has 0 aliphatic carbocycles. The Morgan fingerprint density at radius 1 is 1.34 bits per heavy atom. The van der Waals surface area contributed by atoms with Gasteiger partial charge in [0.1, 0.15) is 0 Å². The maximum atomic E-state index is 12.8. The molecule has 0 spiro atoms. The third-order valence-corrected chi connectivity index (χ3v) is 6.27. The third-order valence-electron chi connectivity index (χ3n) is 4.81. The molecule has 2 N–H and O–H groups in total. The molecule has 29 heavy (non-hydrogen) atoms. The minimum Gasteiger partial charge on any atom is -0.365 e. The van der Waals surface area contributed by atoms with Crippen molar-refractivity contribution in [2.24, 2.45) is 5.73 Å². The van der Waals surface area contributed by atoms with Crippen molar-refractivity contribution in [1.82, 2.24) is 19.7 Å². The van der Waals surface area contributed by atoms with E-state index in [-0.39, 0.29) is 19.0 Å². The van der Waals surface area contributed by atoms with Gasteiger partial charge in [0.25, 0.3) is 5.91 Å². The fraction of sp³-hybridized carbons (Fsp3) is 0.500. The number of rotatable bonds is 7. The first-order chi connectivity index (χ1) is 13.7. The predicted molar refractivity (Wildman–Crippen MR) is 102 cm³/mol. The van der Waals surface area contributed by atoms with Gasteiger partial charge < -0.3 is 15.5 Å². The topological polar surface area (TPSA) is 82.8 Å². The lowest BCUT2D eigenvalue weighted by Gasteiger charge is -2.33. The molecular formula is C18H22F3N5O2S. The maximum Gasteiger partial charge on any atom is 0.389 e. The van der Waals surface area contributed by atoms with Crippen LogP contribution in [0.15, 0.2) is 35.0 Å². The zero-order valence-electron chi connectivity index (χ0n) is 15.9. The van der Waals surface area contributed by atoms with Crippen LogP contribution in [-0.2, 0) is 11.3 Å². The second-order valence-corrected chi connectivity index (χ2v) is 7.92. The van der Waals surface area contributed by atoms with Crippen molar-refractivity contribution in [2.75, 3.05) is 19.6 Å². The molecule has 3 heterocycles. The molecule has 3 amide bonds. The van der Waals surface area contributed by atoms with Crippen LogP contribution in [0.1, 0.15) is 25.5 Å². The van der Waals surface area contributed by atoms with Gasteiger partial charge in [-0.1, -0.05) is 17.8 Å². The summed E-state index contributed by atoms with van der Waals surface area (Å²) in [6.45, 7) is 2.88. The van der Waals surface area contributed by atoms with Crippen molar-refractivity contribution < 1.29 is 22.8 Å². The highest BCUT2D eigenvalue weighted by atomic mass is 32.2. The summed E-state index contributed by atoms with van der Waals surface area (Å²) in [6.07, 6.45) is -3.64. The zero-order chi connectivity index (χ0) is 21.2. The number of amides is 3. The van der Waals surface area contributed by atoms with E-state index in [2.05, 4.69) is 4.98 Å². The minimum atomic E-state index is -4.24. The Labute approximate surface area is 170 Å². The summed E-state index contributed by atoms with van der Waals surface area (Å²) in [4.78, 5) is 34.2. The van der Waals surface area contributed by atoms with E-state index in [0.29, 0.717) is 30.2 Å². The van der Waals surface area contributed by atoms with Gasteiger partial charge in [-0.15, -0.1) is 0 Å². The van der Waals surface area contributed by atoms with Crippen molar-refractivity contribution in [3.05, 3.63) is 40.7 Å². The fourth-order valence-electron chi connectivity index (χ4n) is 3.37. The van der Waals surface area contributed by atoms with Gasteiger partial charge in [-0.3, -0.25) is 14.7 Å². The number of halogens is 3. The van der Waals surface area contributed by atoms with Crippen molar-refractivity contribution in [3.63, 3.8) is 0 Å². The van der Waals surface area contributed by atoms with Crippen LogP contribution < -0.4 is 5.73 Å². The van der Waals surface area contributed by atoms with Gasteiger partial charge in [-0.25, -0.2) is 4.79 Å².